The molecule has 0 fully saturated rings. The molecule has 3 rings (SSSR count). The van der Waals surface area contributed by atoms with Crippen molar-refractivity contribution in [3.8, 4) is 0 Å². The summed E-state index contributed by atoms with van der Waals surface area (Å²) in [6, 6.07) is 18.3. The maximum absolute atomic E-state index is 12.6. The summed E-state index contributed by atoms with van der Waals surface area (Å²) in [6.45, 7) is 1.88. The lowest BCUT2D eigenvalue weighted by atomic mass is 10.0. The van der Waals surface area contributed by atoms with Gasteiger partial charge in [0.25, 0.3) is 0 Å². The minimum Gasteiger partial charge on any atom is -0.457 e. The fourth-order valence-corrected chi connectivity index (χ4v) is 2.72. The molecule has 26 heavy (non-hydrogen) atoms. The summed E-state index contributed by atoms with van der Waals surface area (Å²) in [5.41, 5.74) is 2.78. The van der Waals surface area contributed by atoms with E-state index in [1.807, 2.05) is 66.7 Å². The maximum atomic E-state index is 12.6. The molecule has 5 heteroatoms. The number of carbonyl (C=O) groups excluding carboxylic acids is 2. The maximum Gasteiger partial charge on any atom is 0.338 e. The number of esters is 1. The first-order valence-electron chi connectivity index (χ1n) is 8.36. The number of hydrogen-bond donors (Lipinski definition) is 2. The van der Waals surface area contributed by atoms with Gasteiger partial charge in [-0.05, 0) is 18.1 Å². The SMILES string of the molecule is CC1=C(C(=O)OCc2ccccc2)C(/C=C/c2ccccc2)NC(=O)N1. The summed E-state index contributed by atoms with van der Waals surface area (Å²) in [7, 11) is 0. The van der Waals surface area contributed by atoms with E-state index in [1.54, 1.807) is 13.0 Å². The molecule has 1 atom stereocenters. The lowest BCUT2D eigenvalue weighted by Crippen LogP contribution is -2.49. The van der Waals surface area contributed by atoms with Crippen LogP contribution in [0, 0.1) is 0 Å². The van der Waals surface area contributed by atoms with E-state index in [4.69, 9.17) is 4.74 Å². The topological polar surface area (TPSA) is 67.4 Å². The molecule has 0 aliphatic carbocycles. The molecule has 2 aromatic rings. The summed E-state index contributed by atoms with van der Waals surface area (Å²) in [4.78, 5) is 24.4. The van der Waals surface area contributed by atoms with Crippen molar-refractivity contribution in [1.82, 2.24) is 10.6 Å². The largest absolute Gasteiger partial charge is 0.457 e. The molecule has 0 radical (unpaired) electrons. The molecule has 5 nitrogen and oxygen atoms in total. The highest BCUT2D eigenvalue weighted by Gasteiger charge is 2.29. The Labute approximate surface area is 152 Å². The number of hydrogen-bond acceptors (Lipinski definition) is 3. The number of ether oxygens (including phenoxy) is 1. The second-order valence-electron chi connectivity index (χ2n) is 5.95. The molecule has 1 heterocycles. The summed E-state index contributed by atoms with van der Waals surface area (Å²) in [6.07, 6.45) is 3.66. The third kappa shape index (κ3) is 4.39. The summed E-state index contributed by atoms with van der Waals surface area (Å²) in [5, 5.41) is 5.38. The summed E-state index contributed by atoms with van der Waals surface area (Å²) >= 11 is 0. The van der Waals surface area contributed by atoms with Gasteiger partial charge in [0.15, 0.2) is 0 Å². The van der Waals surface area contributed by atoms with Crippen molar-refractivity contribution in [2.45, 2.75) is 19.6 Å². The normalized spacial score (nSPS) is 17.0. The van der Waals surface area contributed by atoms with Crippen LogP contribution in [0.5, 0.6) is 0 Å². The molecular weight excluding hydrogens is 328 g/mol. The van der Waals surface area contributed by atoms with E-state index in [1.165, 1.54) is 0 Å². The predicted octanol–water partition coefficient (Wildman–Crippen LogP) is 3.40. The third-order valence-electron chi connectivity index (χ3n) is 4.02. The number of rotatable bonds is 5. The standard InChI is InChI=1S/C21H20N2O3/c1-15-19(20(24)26-14-17-10-6-3-7-11-17)18(23-21(25)22-15)13-12-16-8-4-2-5-9-16/h2-13,18H,14H2,1H3,(H2,22,23,25)/b13-12+. The zero-order valence-electron chi connectivity index (χ0n) is 14.4. The molecule has 2 amide bonds. The Morgan fingerprint density at radius 3 is 2.42 bits per heavy atom. The summed E-state index contributed by atoms with van der Waals surface area (Å²) < 4.78 is 5.43. The number of amides is 2. The van der Waals surface area contributed by atoms with Crippen LogP contribution in [0.2, 0.25) is 0 Å². The minimum absolute atomic E-state index is 0.180. The molecule has 2 N–H and O–H groups in total. The summed E-state index contributed by atoms with van der Waals surface area (Å²) in [5.74, 6) is -0.457. The van der Waals surface area contributed by atoms with E-state index in [-0.39, 0.29) is 12.6 Å². The van der Waals surface area contributed by atoms with Gasteiger partial charge in [-0.3, -0.25) is 0 Å². The van der Waals surface area contributed by atoms with Crippen LogP contribution in [0.4, 0.5) is 4.79 Å². The Kier molecular flexibility index (Phi) is 5.49. The van der Waals surface area contributed by atoms with Gasteiger partial charge in [-0.15, -0.1) is 0 Å². The van der Waals surface area contributed by atoms with Crippen LogP contribution in [0.3, 0.4) is 0 Å². The molecule has 0 saturated heterocycles. The van der Waals surface area contributed by atoms with Crippen molar-refractivity contribution in [2.24, 2.45) is 0 Å². The van der Waals surface area contributed by atoms with Crippen LogP contribution in [-0.4, -0.2) is 18.0 Å². The van der Waals surface area contributed by atoms with Crippen molar-refractivity contribution in [3.05, 3.63) is 89.1 Å². The predicted molar refractivity (Wildman–Crippen MR) is 99.9 cm³/mol. The molecular formula is C21H20N2O3. The van der Waals surface area contributed by atoms with Crippen molar-refractivity contribution in [3.63, 3.8) is 0 Å². The van der Waals surface area contributed by atoms with Gasteiger partial charge in [0.2, 0.25) is 0 Å². The second kappa shape index (κ2) is 8.16. The number of urea groups is 1. The van der Waals surface area contributed by atoms with Crippen molar-refractivity contribution in [1.29, 1.82) is 0 Å². The molecule has 0 spiro atoms. The average molecular weight is 348 g/mol. The van der Waals surface area contributed by atoms with E-state index in [0.29, 0.717) is 11.3 Å². The fraction of sp³-hybridized carbons (Fsp3) is 0.143. The van der Waals surface area contributed by atoms with Gasteiger partial charge in [-0.1, -0.05) is 72.8 Å². The van der Waals surface area contributed by atoms with E-state index in [2.05, 4.69) is 10.6 Å². The number of carbonyl (C=O) groups is 2. The lowest BCUT2D eigenvalue weighted by molar-refractivity contribution is -0.140. The Morgan fingerprint density at radius 1 is 1.08 bits per heavy atom. The van der Waals surface area contributed by atoms with E-state index >= 15 is 0 Å². The zero-order valence-corrected chi connectivity index (χ0v) is 14.4. The van der Waals surface area contributed by atoms with Crippen LogP contribution in [0.15, 0.2) is 78.0 Å². The second-order valence-corrected chi connectivity index (χ2v) is 5.95. The molecule has 0 aromatic heterocycles. The van der Waals surface area contributed by atoms with Gasteiger partial charge in [-0.25, -0.2) is 9.59 Å². The number of allylic oxidation sites excluding steroid dienone is 1. The van der Waals surface area contributed by atoms with Gasteiger partial charge in [0.1, 0.15) is 6.61 Å². The Morgan fingerprint density at radius 2 is 1.73 bits per heavy atom. The van der Waals surface area contributed by atoms with Crippen molar-refractivity contribution in [2.75, 3.05) is 0 Å². The van der Waals surface area contributed by atoms with Gasteiger partial charge >= 0.3 is 12.0 Å². The van der Waals surface area contributed by atoms with Crippen molar-refractivity contribution >= 4 is 18.1 Å². The molecule has 1 aliphatic rings. The lowest BCUT2D eigenvalue weighted by Gasteiger charge is -2.25. The molecule has 2 aromatic carbocycles. The van der Waals surface area contributed by atoms with Crippen LogP contribution < -0.4 is 10.6 Å². The van der Waals surface area contributed by atoms with Gasteiger partial charge in [0, 0.05) is 5.70 Å². The van der Waals surface area contributed by atoms with Crippen LogP contribution in [0.25, 0.3) is 6.08 Å². The fourth-order valence-electron chi connectivity index (χ4n) is 2.72. The minimum atomic E-state index is -0.549. The first-order valence-corrected chi connectivity index (χ1v) is 8.36. The third-order valence-corrected chi connectivity index (χ3v) is 4.02. The van der Waals surface area contributed by atoms with Gasteiger partial charge in [-0.2, -0.15) is 0 Å². The zero-order chi connectivity index (χ0) is 18.4. The highest BCUT2D eigenvalue weighted by Crippen LogP contribution is 2.17. The molecule has 0 saturated carbocycles. The number of benzene rings is 2. The van der Waals surface area contributed by atoms with E-state index in [0.717, 1.165) is 11.1 Å². The first kappa shape index (κ1) is 17.5. The highest BCUT2D eigenvalue weighted by atomic mass is 16.5. The molecule has 132 valence electrons. The number of nitrogens with one attached hydrogen (secondary N) is 2. The molecule has 0 bridgehead atoms. The smallest absolute Gasteiger partial charge is 0.338 e. The highest BCUT2D eigenvalue weighted by molar-refractivity contribution is 5.95. The van der Waals surface area contributed by atoms with Gasteiger partial charge in [0.05, 0.1) is 11.6 Å². The quantitative estimate of drug-likeness (QED) is 0.814. The van der Waals surface area contributed by atoms with Crippen molar-refractivity contribution < 1.29 is 14.3 Å². The van der Waals surface area contributed by atoms with Crippen LogP contribution >= 0.6 is 0 Å². The molecule has 1 aliphatic heterocycles. The first-order chi connectivity index (χ1) is 12.6. The van der Waals surface area contributed by atoms with Crippen LogP contribution in [0.1, 0.15) is 18.1 Å². The van der Waals surface area contributed by atoms with Gasteiger partial charge < -0.3 is 15.4 Å². The average Bonchev–Trinajstić information content (AvgIpc) is 2.66. The Bertz CT molecular complexity index is 842. The molecule has 1 unspecified atom stereocenters. The Hall–Kier alpha value is -3.34. The van der Waals surface area contributed by atoms with E-state index < -0.39 is 12.0 Å². The monoisotopic (exact) mass is 348 g/mol. The Balaban J connectivity index is 1.76. The van der Waals surface area contributed by atoms with E-state index in [9.17, 15) is 9.59 Å². The van der Waals surface area contributed by atoms with Crippen LogP contribution in [-0.2, 0) is 16.1 Å².